The molecule has 0 saturated carbocycles. The first-order chi connectivity index (χ1) is 11.3. The van der Waals surface area contributed by atoms with E-state index in [2.05, 4.69) is 15.6 Å². The van der Waals surface area contributed by atoms with Gasteiger partial charge in [-0.3, -0.25) is 4.79 Å². The first-order valence-corrected chi connectivity index (χ1v) is 8.53. The van der Waals surface area contributed by atoms with Crippen LogP contribution in [0.1, 0.15) is 36.2 Å². The van der Waals surface area contributed by atoms with Crippen LogP contribution in [0.15, 0.2) is 29.6 Å². The van der Waals surface area contributed by atoms with Gasteiger partial charge in [0.05, 0.1) is 16.7 Å². The van der Waals surface area contributed by atoms with Crippen LogP contribution in [0.2, 0.25) is 0 Å². The number of rotatable bonds is 5. The van der Waals surface area contributed by atoms with Crippen molar-refractivity contribution < 1.29 is 9.59 Å². The molecule has 128 valence electrons. The predicted molar refractivity (Wildman–Crippen MR) is 96.0 cm³/mol. The fourth-order valence-electron chi connectivity index (χ4n) is 2.15. The van der Waals surface area contributed by atoms with Crippen molar-refractivity contribution in [3.8, 4) is 0 Å². The second-order valence-corrected chi connectivity index (χ2v) is 6.75. The van der Waals surface area contributed by atoms with Gasteiger partial charge in [0.1, 0.15) is 0 Å². The van der Waals surface area contributed by atoms with E-state index in [0.29, 0.717) is 12.2 Å². The summed E-state index contributed by atoms with van der Waals surface area (Å²) in [6.45, 7) is 5.86. The molecule has 0 radical (unpaired) electrons. The Morgan fingerprint density at radius 1 is 1.38 bits per heavy atom. The second kappa shape index (κ2) is 7.92. The quantitative estimate of drug-likeness (QED) is 0.872. The van der Waals surface area contributed by atoms with Gasteiger partial charge in [-0.25, -0.2) is 9.78 Å². The molecule has 1 atom stereocenters. The SMILES string of the molecule is CC(=O)N(C)Cc1cccc(NC(=O)N[C@@H](C)c2csc(C)n2)c1. The molecular weight excluding hydrogens is 324 g/mol. The Balaban J connectivity index is 1.95. The molecule has 0 aliphatic carbocycles. The Labute approximate surface area is 145 Å². The van der Waals surface area contributed by atoms with Crippen molar-refractivity contribution in [1.29, 1.82) is 0 Å². The minimum atomic E-state index is -0.287. The summed E-state index contributed by atoms with van der Waals surface area (Å²) in [4.78, 5) is 29.4. The highest BCUT2D eigenvalue weighted by Crippen LogP contribution is 2.16. The number of carbonyl (C=O) groups excluding carboxylic acids is 2. The van der Waals surface area contributed by atoms with Crippen molar-refractivity contribution in [2.45, 2.75) is 33.4 Å². The molecule has 0 aliphatic rings. The van der Waals surface area contributed by atoms with E-state index in [1.165, 1.54) is 6.92 Å². The van der Waals surface area contributed by atoms with Crippen molar-refractivity contribution in [3.05, 3.63) is 45.9 Å². The largest absolute Gasteiger partial charge is 0.342 e. The molecule has 1 aromatic carbocycles. The number of anilines is 1. The van der Waals surface area contributed by atoms with Crippen LogP contribution in [0, 0.1) is 6.92 Å². The van der Waals surface area contributed by atoms with E-state index in [1.807, 2.05) is 43.5 Å². The molecule has 2 aromatic rings. The number of hydrogen-bond acceptors (Lipinski definition) is 4. The summed E-state index contributed by atoms with van der Waals surface area (Å²) in [7, 11) is 1.74. The van der Waals surface area contributed by atoms with Gasteiger partial charge in [-0.1, -0.05) is 12.1 Å². The number of benzene rings is 1. The first kappa shape index (κ1) is 17.9. The fraction of sp³-hybridized carbons (Fsp3) is 0.353. The van der Waals surface area contributed by atoms with Gasteiger partial charge in [0.25, 0.3) is 0 Å². The van der Waals surface area contributed by atoms with Crippen LogP contribution in [0.5, 0.6) is 0 Å². The molecule has 1 heterocycles. The third kappa shape index (κ3) is 5.06. The monoisotopic (exact) mass is 346 g/mol. The van der Waals surface area contributed by atoms with E-state index in [1.54, 1.807) is 23.3 Å². The first-order valence-electron chi connectivity index (χ1n) is 7.65. The molecule has 0 spiro atoms. The summed E-state index contributed by atoms with van der Waals surface area (Å²) in [5.41, 5.74) is 2.49. The van der Waals surface area contributed by atoms with Gasteiger partial charge in [0, 0.05) is 31.6 Å². The highest BCUT2D eigenvalue weighted by atomic mass is 32.1. The molecule has 2 N–H and O–H groups in total. The Morgan fingerprint density at radius 3 is 2.75 bits per heavy atom. The molecule has 0 unspecified atom stereocenters. The van der Waals surface area contributed by atoms with E-state index in [0.717, 1.165) is 16.3 Å². The third-order valence-corrected chi connectivity index (χ3v) is 4.36. The normalized spacial score (nSPS) is 11.7. The number of carbonyl (C=O) groups is 2. The summed E-state index contributed by atoms with van der Waals surface area (Å²) in [5.74, 6) is -0.00140. The summed E-state index contributed by atoms with van der Waals surface area (Å²) in [6, 6.07) is 6.99. The average molecular weight is 346 g/mol. The smallest absolute Gasteiger partial charge is 0.319 e. The highest BCUT2D eigenvalue weighted by Gasteiger charge is 2.12. The number of nitrogens with zero attached hydrogens (tertiary/aromatic N) is 2. The van der Waals surface area contributed by atoms with Crippen molar-refractivity contribution in [2.24, 2.45) is 0 Å². The number of urea groups is 1. The Kier molecular flexibility index (Phi) is 5.92. The molecule has 0 aliphatic heterocycles. The van der Waals surface area contributed by atoms with Gasteiger partial charge in [-0.05, 0) is 31.5 Å². The van der Waals surface area contributed by atoms with Crippen LogP contribution in [0.25, 0.3) is 0 Å². The van der Waals surface area contributed by atoms with Crippen LogP contribution >= 0.6 is 11.3 Å². The topological polar surface area (TPSA) is 74.3 Å². The van der Waals surface area contributed by atoms with E-state index in [-0.39, 0.29) is 18.0 Å². The number of thiazole rings is 1. The standard InChI is InChI=1S/C17H22N4O2S/c1-11(16-10-24-12(2)19-16)18-17(23)20-15-7-5-6-14(8-15)9-21(4)13(3)22/h5-8,10-11H,9H2,1-4H3,(H2,18,20,23)/t11-/m0/s1. The molecule has 24 heavy (non-hydrogen) atoms. The second-order valence-electron chi connectivity index (χ2n) is 5.69. The lowest BCUT2D eigenvalue weighted by molar-refractivity contribution is -0.128. The van der Waals surface area contributed by atoms with E-state index in [9.17, 15) is 9.59 Å². The molecule has 0 fully saturated rings. The van der Waals surface area contributed by atoms with E-state index >= 15 is 0 Å². The maximum Gasteiger partial charge on any atom is 0.319 e. The van der Waals surface area contributed by atoms with Crippen LogP contribution in [-0.2, 0) is 11.3 Å². The van der Waals surface area contributed by atoms with Gasteiger partial charge >= 0.3 is 6.03 Å². The average Bonchev–Trinajstić information content (AvgIpc) is 2.94. The maximum absolute atomic E-state index is 12.1. The molecule has 6 nitrogen and oxygen atoms in total. The lowest BCUT2D eigenvalue weighted by atomic mass is 10.2. The van der Waals surface area contributed by atoms with E-state index < -0.39 is 0 Å². The van der Waals surface area contributed by atoms with Crippen molar-refractivity contribution in [2.75, 3.05) is 12.4 Å². The van der Waals surface area contributed by atoms with Crippen LogP contribution < -0.4 is 10.6 Å². The number of hydrogen-bond donors (Lipinski definition) is 2. The Hall–Kier alpha value is -2.41. The van der Waals surface area contributed by atoms with Gasteiger partial charge in [0.2, 0.25) is 5.91 Å². The highest BCUT2D eigenvalue weighted by molar-refractivity contribution is 7.09. The molecular formula is C17H22N4O2S. The zero-order valence-electron chi connectivity index (χ0n) is 14.3. The molecule has 0 saturated heterocycles. The number of nitrogens with one attached hydrogen (secondary N) is 2. The minimum Gasteiger partial charge on any atom is -0.342 e. The molecule has 0 bridgehead atoms. The van der Waals surface area contributed by atoms with Crippen LogP contribution in [0.3, 0.4) is 0 Å². The minimum absolute atomic E-state index is 0.00140. The molecule has 1 aromatic heterocycles. The number of amides is 3. The molecule has 2 rings (SSSR count). The predicted octanol–water partition coefficient (Wildman–Crippen LogP) is 3.31. The number of aromatic nitrogens is 1. The lowest BCUT2D eigenvalue weighted by Crippen LogP contribution is -2.31. The number of aryl methyl sites for hydroxylation is 1. The van der Waals surface area contributed by atoms with Crippen molar-refractivity contribution >= 4 is 29.0 Å². The van der Waals surface area contributed by atoms with E-state index in [4.69, 9.17) is 0 Å². The summed E-state index contributed by atoms with van der Waals surface area (Å²) >= 11 is 1.56. The zero-order chi connectivity index (χ0) is 17.7. The van der Waals surface area contributed by atoms with Crippen molar-refractivity contribution in [3.63, 3.8) is 0 Å². The molecule has 3 amide bonds. The van der Waals surface area contributed by atoms with Crippen molar-refractivity contribution in [1.82, 2.24) is 15.2 Å². The van der Waals surface area contributed by atoms with Gasteiger partial charge in [-0.15, -0.1) is 11.3 Å². The summed E-state index contributed by atoms with van der Waals surface area (Å²) in [5, 5.41) is 8.60. The lowest BCUT2D eigenvalue weighted by Gasteiger charge is -2.16. The van der Waals surface area contributed by atoms with Gasteiger partial charge in [0.15, 0.2) is 0 Å². The fourth-order valence-corrected chi connectivity index (χ4v) is 2.86. The van der Waals surface area contributed by atoms with Crippen LogP contribution in [0.4, 0.5) is 10.5 Å². The third-order valence-electron chi connectivity index (χ3n) is 3.57. The maximum atomic E-state index is 12.1. The molecule has 7 heteroatoms. The van der Waals surface area contributed by atoms with Crippen LogP contribution in [-0.4, -0.2) is 28.9 Å². The Bertz CT molecular complexity index is 729. The summed E-state index contributed by atoms with van der Waals surface area (Å²) in [6.07, 6.45) is 0. The summed E-state index contributed by atoms with van der Waals surface area (Å²) < 4.78 is 0. The Morgan fingerprint density at radius 2 is 2.12 bits per heavy atom. The van der Waals surface area contributed by atoms with Gasteiger partial charge in [-0.2, -0.15) is 0 Å². The van der Waals surface area contributed by atoms with Gasteiger partial charge < -0.3 is 15.5 Å². The zero-order valence-corrected chi connectivity index (χ0v) is 15.1.